The van der Waals surface area contributed by atoms with E-state index in [1.165, 1.54) is 241 Å². The Morgan fingerprint density at radius 1 is 0.356 bits per heavy atom. The van der Waals surface area contributed by atoms with Gasteiger partial charge >= 0.3 is 14.2 Å². The molecule has 1 aliphatic carbocycles. The van der Waals surface area contributed by atoms with Gasteiger partial charge in [0.2, 0.25) is 0 Å². The van der Waals surface area contributed by atoms with Gasteiger partial charge in [0, 0.05) is 5.41 Å². The van der Waals surface area contributed by atoms with Crippen LogP contribution in [0.1, 0.15) is 324 Å². The Kier molecular flexibility index (Phi) is 31.4. The molecule has 73 heavy (non-hydrogen) atoms. The molecule has 0 heterocycles. The lowest BCUT2D eigenvalue weighted by molar-refractivity contribution is -0.0982. The summed E-state index contributed by atoms with van der Waals surface area (Å²) in [5.41, 5.74) is 1.57. The van der Waals surface area contributed by atoms with Gasteiger partial charge in [-0.1, -0.05) is 281 Å². The summed E-state index contributed by atoms with van der Waals surface area (Å²) < 4.78 is 12.5. The predicted octanol–water partition coefficient (Wildman–Crippen LogP) is 17.3. The second kappa shape index (κ2) is 35.0. The minimum absolute atomic E-state index is 0.322. The van der Waals surface area contributed by atoms with Crippen molar-refractivity contribution in [1.29, 1.82) is 0 Å². The van der Waals surface area contributed by atoms with E-state index in [2.05, 4.69) is 38.1 Å². The summed E-state index contributed by atoms with van der Waals surface area (Å²) in [6.45, 7) is 18.8. The molecule has 0 bridgehead atoms. The van der Waals surface area contributed by atoms with Gasteiger partial charge in [-0.2, -0.15) is 0 Å². The number of fused-ring (bicyclic) bond motifs is 3. The molecule has 0 spiro atoms. The highest BCUT2D eigenvalue weighted by Gasteiger charge is 2.46. The molecule has 2 aromatic rings. The maximum atomic E-state index is 11.7. The van der Waals surface area contributed by atoms with Crippen LogP contribution < -0.4 is 10.9 Å². The van der Waals surface area contributed by atoms with E-state index in [1.807, 2.05) is 39.8 Å². The lowest BCUT2D eigenvalue weighted by Crippen LogP contribution is -2.53. The fourth-order valence-electron chi connectivity index (χ4n) is 11.1. The van der Waals surface area contributed by atoms with Gasteiger partial charge in [-0.05, 0) is 101 Å². The predicted molar refractivity (Wildman–Crippen MR) is 318 cm³/mol. The summed E-state index contributed by atoms with van der Waals surface area (Å²) in [5, 5.41) is 45.3. The molecule has 6 nitrogen and oxygen atoms in total. The lowest BCUT2D eigenvalue weighted by atomic mass is 9.67. The minimum atomic E-state index is -1.21. The van der Waals surface area contributed by atoms with Gasteiger partial charge < -0.3 is 29.6 Å². The van der Waals surface area contributed by atoms with E-state index in [1.54, 1.807) is 27.7 Å². The van der Waals surface area contributed by atoms with Gasteiger partial charge in [-0.3, -0.25) is 0 Å². The second-order valence-corrected chi connectivity index (χ2v) is 25.3. The third kappa shape index (κ3) is 23.5. The van der Waals surface area contributed by atoms with Gasteiger partial charge in [-0.25, -0.2) is 0 Å². The van der Waals surface area contributed by atoms with Gasteiger partial charge in [0.1, 0.15) is 0 Å². The number of unbranched alkanes of at least 4 members (excludes halogenated alkanes) is 34. The number of hydrogen-bond donors (Lipinski definition) is 4. The molecule has 0 saturated heterocycles. The zero-order valence-corrected chi connectivity index (χ0v) is 49.6. The molecule has 0 atom stereocenters. The van der Waals surface area contributed by atoms with E-state index < -0.39 is 36.6 Å². The highest BCUT2D eigenvalue weighted by molar-refractivity contribution is 6.60. The van der Waals surface area contributed by atoms with Crippen LogP contribution in [0.5, 0.6) is 0 Å². The Morgan fingerprint density at radius 3 is 0.795 bits per heavy atom. The van der Waals surface area contributed by atoms with Crippen molar-refractivity contribution in [2.24, 2.45) is 0 Å². The van der Waals surface area contributed by atoms with E-state index in [4.69, 9.17) is 9.31 Å². The fourth-order valence-corrected chi connectivity index (χ4v) is 11.1. The average molecular weight is 1020 g/mol. The van der Waals surface area contributed by atoms with Crippen molar-refractivity contribution in [2.45, 2.75) is 341 Å². The molecule has 0 fully saturated rings. The van der Waals surface area contributed by atoms with Crippen molar-refractivity contribution in [3.63, 3.8) is 0 Å². The molecule has 2 aromatic carbocycles. The average Bonchev–Trinajstić information content (AvgIpc) is 3.60. The molecular weight excluding hydrogens is 898 g/mol. The van der Waals surface area contributed by atoms with Crippen LogP contribution >= 0.6 is 0 Å². The smallest absolute Gasteiger partial charge is 0.423 e. The van der Waals surface area contributed by atoms with Crippen LogP contribution in [0.4, 0.5) is 0 Å². The zero-order valence-electron chi connectivity index (χ0n) is 49.6. The van der Waals surface area contributed by atoms with E-state index in [-0.39, 0.29) is 5.41 Å². The van der Waals surface area contributed by atoms with Gasteiger partial charge in [-0.15, -0.1) is 0 Å². The van der Waals surface area contributed by atoms with Crippen molar-refractivity contribution in [3.05, 3.63) is 47.5 Å². The van der Waals surface area contributed by atoms with Crippen molar-refractivity contribution in [2.75, 3.05) is 0 Å². The zero-order chi connectivity index (χ0) is 53.6. The van der Waals surface area contributed by atoms with Gasteiger partial charge in [0.25, 0.3) is 0 Å². The molecule has 0 unspecified atom stereocenters. The number of aliphatic hydroxyl groups is 2. The van der Waals surface area contributed by atoms with Crippen LogP contribution in [0.2, 0.25) is 0 Å². The molecule has 0 radical (unpaired) electrons. The molecule has 1 aliphatic rings. The first-order chi connectivity index (χ1) is 34.8. The van der Waals surface area contributed by atoms with E-state index in [0.29, 0.717) is 10.9 Å². The summed E-state index contributed by atoms with van der Waals surface area (Å²) >= 11 is 0. The van der Waals surface area contributed by atoms with Crippen LogP contribution in [-0.2, 0) is 14.7 Å². The van der Waals surface area contributed by atoms with Gasteiger partial charge in [0.15, 0.2) is 0 Å². The van der Waals surface area contributed by atoms with E-state index in [9.17, 15) is 20.3 Å². The van der Waals surface area contributed by atoms with Crippen LogP contribution in [0.25, 0.3) is 11.1 Å². The molecule has 3 rings (SSSR count). The monoisotopic (exact) mass is 1010 g/mol. The first-order valence-electron chi connectivity index (χ1n) is 31.3. The van der Waals surface area contributed by atoms with Crippen LogP contribution in [0.15, 0.2) is 36.4 Å². The van der Waals surface area contributed by atoms with Crippen molar-refractivity contribution in [1.82, 2.24) is 0 Å². The molecule has 0 aliphatic heterocycles. The molecule has 0 aromatic heterocycles. The molecule has 418 valence electrons. The minimum Gasteiger partial charge on any atom is -0.423 e. The molecule has 8 heteroatoms. The number of benzene rings is 2. The molecule has 0 amide bonds. The van der Waals surface area contributed by atoms with E-state index >= 15 is 0 Å². The Morgan fingerprint density at radius 2 is 0.575 bits per heavy atom. The normalized spacial score (nSPS) is 13.7. The topological polar surface area (TPSA) is 99.4 Å². The lowest BCUT2D eigenvalue weighted by Gasteiger charge is -2.39. The quantitative estimate of drug-likeness (QED) is 0.0390. The number of hydrogen-bond acceptors (Lipinski definition) is 6. The Labute approximate surface area is 452 Å². The first-order valence-corrected chi connectivity index (χ1v) is 31.3. The Hall–Kier alpha value is -1.67. The van der Waals surface area contributed by atoms with Crippen LogP contribution in [0, 0.1) is 0 Å². The maximum Gasteiger partial charge on any atom is 0.491 e. The largest absolute Gasteiger partial charge is 0.491 e. The van der Waals surface area contributed by atoms with Crippen molar-refractivity contribution >= 4 is 25.2 Å². The first kappa shape index (κ1) is 65.6. The van der Waals surface area contributed by atoms with E-state index in [0.717, 1.165) is 25.7 Å². The third-order valence-electron chi connectivity index (χ3n) is 17.7. The summed E-state index contributed by atoms with van der Waals surface area (Å²) in [7, 11) is -2.42. The standard InChI is InChI=1S/C65H116B2O6/c1-11-13-15-17-19-21-23-25-27-29-31-33-35-37-39-41-43-45-51-65(52-46-44-42-40-38-36-34-32-30-28-26-24-22-20-18-16-14-12-2)59-53-55(66(70)72-63(7,8)61(3,4)68)47-49-57(59)58-50-48-56(54-60(58)65)67(71)73-64(9,10)62(5,6)69/h47-50,53-54,68-71H,11-46,51-52H2,1-10H3. The highest BCUT2D eigenvalue weighted by atomic mass is 16.6. The van der Waals surface area contributed by atoms with Crippen LogP contribution in [-0.4, -0.2) is 56.9 Å². The SMILES string of the molecule is CCCCCCCCCCCCCCCCCCCCC1(CCCCCCCCCCCCCCCCCCCC)c2cc(B(O)OC(C)(C)C(C)(C)O)ccc2-c2ccc(B(O)OC(C)(C)C(C)(C)O)cc21. The van der Waals surface area contributed by atoms with Gasteiger partial charge in [0.05, 0.1) is 22.4 Å². The second-order valence-electron chi connectivity index (χ2n) is 25.3. The summed E-state index contributed by atoms with van der Waals surface area (Å²) in [6, 6.07) is 12.7. The Balaban J connectivity index is 1.71. The summed E-state index contributed by atoms with van der Waals surface area (Å²) in [6.07, 6.45) is 50.5. The molecule has 0 saturated carbocycles. The molecular formula is C65H116B2O6. The summed E-state index contributed by atoms with van der Waals surface area (Å²) in [5.74, 6) is 0. The highest BCUT2D eigenvalue weighted by Crippen LogP contribution is 2.54. The maximum absolute atomic E-state index is 11.7. The van der Waals surface area contributed by atoms with Crippen molar-refractivity contribution < 1.29 is 29.6 Å². The number of rotatable bonds is 46. The third-order valence-corrected chi connectivity index (χ3v) is 17.7. The fraction of sp³-hybridized carbons (Fsp3) is 0.815. The Bertz CT molecular complexity index is 1600. The molecule has 4 N–H and O–H groups in total. The summed E-state index contributed by atoms with van der Waals surface area (Å²) in [4.78, 5) is 0. The van der Waals surface area contributed by atoms with Crippen LogP contribution in [0.3, 0.4) is 0 Å². The van der Waals surface area contributed by atoms with Crippen molar-refractivity contribution in [3.8, 4) is 11.1 Å².